The third-order valence-corrected chi connectivity index (χ3v) is 2.60. The molecule has 2 nitrogen and oxygen atoms in total. The zero-order valence-corrected chi connectivity index (χ0v) is 10.7. The number of halogens is 1. The van der Waals surface area contributed by atoms with E-state index in [9.17, 15) is 0 Å². The van der Waals surface area contributed by atoms with Crippen LogP contribution in [-0.2, 0) is 6.54 Å². The lowest BCUT2D eigenvalue weighted by molar-refractivity contribution is 0.355. The van der Waals surface area contributed by atoms with Crippen LogP contribution in [-0.4, -0.2) is 13.7 Å². The Kier molecular flexibility index (Phi) is 5.43. The van der Waals surface area contributed by atoms with Crippen LogP contribution in [0.1, 0.15) is 12.5 Å². The maximum Gasteiger partial charge on any atom is 0.138 e. The highest BCUT2D eigenvalue weighted by Gasteiger charge is 2.06. The molecule has 3 heteroatoms. The van der Waals surface area contributed by atoms with Gasteiger partial charge in [0.15, 0.2) is 0 Å². The normalized spacial score (nSPS) is 10.9. The average molecular weight is 270 g/mol. The highest BCUT2D eigenvalue weighted by molar-refractivity contribution is 9.10. The van der Waals surface area contributed by atoms with Gasteiger partial charge in [-0.25, -0.2) is 0 Å². The van der Waals surface area contributed by atoms with Crippen LogP contribution in [0, 0.1) is 0 Å². The Morgan fingerprint density at radius 1 is 1.47 bits per heavy atom. The fourth-order valence-corrected chi connectivity index (χ4v) is 1.79. The molecule has 1 rings (SSSR count). The molecule has 0 unspecified atom stereocenters. The Morgan fingerprint density at radius 3 is 2.93 bits per heavy atom. The molecule has 0 aliphatic carbocycles. The summed E-state index contributed by atoms with van der Waals surface area (Å²) in [6.07, 6.45) is 3.97. The Bertz CT molecular complexity index is 336. The lowest BCUT2D eigenvalue weighted by Gasteiger charge is -2.11. The molecule has 0 radical (unpaired) electrons. The Morgan fingerprint density at radius 2 is 2.27 bits per heavy atom. The van der Waals surface area contributed by atoms with Crippen LogP contribution < -0.4 is 10.1 Å². The van der Waals surface area contributed by atoms with Gasteiger partial charge < -0.3 is 10.1 Å². The van der Waals surface area contributed by atoms with Crippen molar-refractivity contribution in [3.8, 4) is 5.75 Å². The largest absolute Gasteiger partial charge is 0.488 e. The van der Waals surface area contributed by atoms with Gasteiger partial charge in [0.2, 0.25) is 0 Å². The maximum absolute atomic E-state index is 5.69. The third kappa shape index (κ3) is 3.68. The second-order valence-corrected chi connectivity index (χ2v) is 3.99. The van der Waals surface area contributed by atoms with Gasteiger partial charge in [-0.05, 0) is 36.0 Å². The van der Waals surface area contributed by atoms with Crippen molar-refractivity contribution in [3.05, 3.63) is 40.4 Å². The molecule has 0 saturated carbocycles. The van der Waals surface area contributed by atoms with Crippen molar-refractivity contribution < 1.29 is 4.74 Å². The monoisotopic (exact) mass is 269 g/mol. The second kappa shape index (κ2) is 6.64. The van der Waals surface area contributed by atoms with Crippen LogP contribution in [0.25, 0.3) is 0 Å². The Balaban J connectivity index is 2.81. The number of para-hydroxylation sites is 1. The number of benzene rings is 1. The van der Waals surface area contributed by atoms with Crippen LogP contribution in [0.15, 0.2) is 34.8 Å². The molecule has 1 aromatic rings. The number of allylic oxidation sites excluding steroid dienone is 1. The maximum atomic E-state index is 5.69. The number of ether oxygens (including phenoxy) is 1. The van der Waals surface area contributed by atoms with Gasteiger partial charge in [-0.1, -0.05) is 24.3 Å². The minimum absolute atomic E-state index is 0.607. The van der Waals surface area contributed by atoms with Gasteiger partial charge >= 0.3 is 0 Å². The number of rotatable bonds is 5. The van der Waals surface area contributed by atoms with Crippen molar-refractivity contribution in [2.75, 3.05) is 13.7 Å². The summed E-state index contributed by atoms with van der Waals surface area (Å²) in [6, 6.07) is 6.07. The highest BCUT2D eigenvalue weighted by Crippen LogP contribution is 2.28. The van der Waals surface area contributed by atoms with E-state index in [4.69, 9.17) is 4.74 Å². The van der Waals surface area contributed by atoms with E-state index in [0.717, 1.165) is 22.3 Å². The van der Waals surface area contributed by atoms with Gasteiger partial charge in [-0.15, -0.1) is 0 Å². The van der Waals surface area contributed by atoms with Crippen LogP contribution in [0.4, 0.5) is 0 Å². The van der Waals surface area contributed by atoms with E-state index in [0.29, 0.717) is 6.61 Å². The minimum Gasteiger partial charge on any atom is -0.488 e. The minimum atomic E-state index is 0.607. The first-order valence-electron chi connectivity index (χ1n) is 4.95. The zero-order chi connectivity index (χ0) is 11.1. The molecule has 0 heterocycles. The van der Waals surface area contributed by atoms with Gasteiger partial charge in [0.25, 0.3) is 0 Å². The quantitative estimate of drug-likeness (QED) is 0.830. The predicted octanol–water partition coefficient (Wildman–Crippen LogP) is 3.12. The van der Waals surface area contributed by atoms with Crippen molar-refractivity contribution in [2.24, 2.45) is 0 Å². The summed E-state index contributed by atoms with van der Waals surface area (Å²) in [7, 11) is 1.93. The summed E-state index contributed by atoms with van der Waals surface area (Å²) < 4.78 is 6.69. The second-order valence-electron chi connectivity index (χ2n) is 3.14. The van der Waals surface area contributed by atoms with Crippen LogP contribution in [0.3, 0.4) is 0 Å². The van der Waals surface area contributed by atoms with Gasteiger partial charge in [-0.2, -0.15) is 0 Å². The lowest BCUT2D eigenvalue weighted by atomic mass is 10.2. The summed E-state index contributed by atoms with van der Waals surface area (Å²) >= 11 is 3.49. The van der Waals surface area contributed by atoms with E-state index in [-0.39, 0.29) is 0 Å². The molecule has 15 heavy (non-hydrogen) atoms. The molecule has 1 N–H and O–H groups in total. The van der Waals surface area contributed by atoms with Crippen molar-refractivity contribution >= 4 is 15.9 Å². The van der Waals surface area contributed by atoms with Crippen LogP contribution in [0.5, 0.6) is 5.75 Å². The molecule has 0 aliphatic rings. The molecule has 82 valence electrons. The van der Waals surface area contributed by atoms with Gasteiger partial charge in [0.05, 0.1) is 4.47 Å². The number of hydrogen-bond acceptors (Lipinski definition) is 2. The first-order chi connectivity index (χ1) is 7.29. The summed E-state index contributed by atoms with van der Waals surface area (Å²) in [5.74, 6) is 0.921. The molecule has 0 bridgehead atoms. The topological polar surface area (TPSA) is 21.3 Å². The standard InChI is InChI=1S/C12H16BrNO/c1-3-4-8-15-12-10(9-14-2)6-5-7-11(12)13/h3-7,14H,8-9H2,1-2H3/b4-3+. The van der Waals surface area contributed by atoms with Crippen molar-refractivity contribution in [2.45, 2.75) is 13.5 Å². The fraction of sp³-hybridized carbons (Fsp3) is 0.333. The molecule has 1 aromatic carbocycles. The van der Waals surface area contributed by atoms with Crippen molar-refractivity contribution in [3.63, 3.8) is 0 Å². The van der Waals surface area contributed by atoms with E-state index in [2.05, 4.69) is 27.3 Å². The molecule has 0 amide bonds. The smallest absolute Gasteiger partial charge is 0.138 e. The first-order valence-corrected chi connectivity index (χ1v) is 5.74. The molecule has 0 saturated heterocycles. The SMILES string of the molecule is C/C=C/COc1c(Br)cccc1CNC. The molecule has 0 aliphatic heterocycles. The molecule has 0 spiro atoms. The lowest BCUT2D eigenvalue weighted by Crippen LogP contribution is -2.07. The van der Waals surface area contributed by atoms with Gasteiger partial charge in [-0.3, -0.25) is 0 Å². The zero-order valence-electron chi connectivity index (χ0n) is 9.09. The van der Waals surface area contributed by atoms with Crippen molar-refractivity contribution in [1.82, 2.24) is 5.32 Å². The van der Waals surface area contributed by atoms with E-state index >= 15 is 0 Å². The third-order valence-electron chi connectivity index (χ3n) is 1.98. The van der Waals surface area contributed by atoms with Crippen molar-refractivity contribution in [1.29, 1.82) is 0 Å². The van der Waals surface area contributed by atoms with Gasteiger partial charge in [0.1, 0.15) is 12.4 Å². The molecular formula is C12H16BrNO. The van der Waals surface area contributed by atoms with Gasteiger partial charge in [0, 0.05) is 12.1 Å². The van der Waals surface area contributed by atoms with E-state index < -0.39 is 0 Å². The van der Waals surface area contributed by atoms with Crippen LogP contribution >= 0.6 is 15.9 Å². The first kappa shape index (κ1) is 12.3. The average Bonchev–Trinajstić information content (AvgIpc) is 2.23. The number of nitrogens with one attached hydrogen (secondary N) is 1. The molecule has 0 aromatic heterocycles. The van der Waals surface area contributed by atoms with Crippen LogP contribution in [0.2, 0.25) is 0 Å². The summed E-state index contributed by atoms with van der Waals surface area (Å²) in [5.41, 5.74) is 1.16. The summed E-state index contributed by atoms with van der Waals surface area (Å²) in [5, 5.41) is 3.12. The molecular weight excluding hydrogens is 254 g/mol. The highest BCUT2D eigenvalue weighted by atomic mass is 79.9. The Labute approximate surface area is 99.5 Å². The fourth-order valence-electron chi connectivity index (χ4n) is 1.27. The van der Waals surface area contributed by atoms with E-state index in [1.165, 1.54) is 0 Å². The Hall–Kier alpha value is -0.800. The predicted molar refractivity (Wildman–Crippen MR) is 67.2 cm³/mol. The van der Waals surface area contributed by atoms with E-state index in [1.54, 1.807) is 0 Å². The van der Waals surface area contributed by atoms with E-state index in [1.807, 2.05) is 38.3 Å². The summed E-state index contributed by atoms with van der Waals surface area (Å²) in [4.78, 5) is 0. The number of hydrogen-bond donors (Lipinski definition) is 1. The molecule has 0 atom stereocenters. The summed E-state index contributed by atoms with van der Waals surface area (Å²) in [6.45, 7) is 3.40. The molecule has 0 fully saturated rings.